The van der Waals surface area contributed by atoms with E-state index in [1.807, 2.05) is 30.4 Å². The Morgan fingerprint density at radius 2 is 1.90 bits per heavy atom. The molecule has 5 unspecified atom stereocenters. The summed E-state index contributed by atoms with van der Waals surface area (Å²) in [6.07, 6.45) is 5.30. The highest BCUT2D eigenvalue weighted by Crippen LogP contribution is 2.33. The summed E-state index contributed by atoms with van der Waals surface area (Å²) in [7, 11) is 0. The summed E-state index contributed by atoms with van der Waals surface area (Å²) in [4.78, 5) is 54.3. The molecule has 0 radical (unpaired) electrons. The zero-order valence-corrected chi connectivity index (χ0v) is 28.7. The lowest BCUT2D eigenvalue weighted by Gasteiger charge is -2.33. The van der Waals surface area contributed by atoms with Crippen LogP contribution in [0.3, 0.4) is 0 Å². The molecule has 50 heavy (non-hydrogen) atoms. The number of nitrogens with zero attached hydrogens (tertiary/aromatic N) is 1. The van der Waals surface area contributed by atoms with Gasteiger partial charge in [0.1, 0.15) is 42.5 Å². The minimum Gasteiger partial charge on any atom is -0.508 e. The average Bonchev–Trinajstić information content (AvgIpc) is 3.77. The number of para-hydroxylation sites is 1. The van der Waals surface area contributed by atoms with Crippen molar-refractivity contribution in [3.05, 3.63) is 82.9 Å². The second-order valence-electron chi connectivity index (χ2n) is 13.8. The number of hydrogen-bond donors (Lipinski definition) is 3. The number of ether oxygens (including phenoxy) is 4. The smallest absolute Gasteiger partial charge is 0.338 e. The number of likely N-dealkylation sites (tertiary alicyclic amines) is 1. The third-order valence-corrected chi connectivity index (χ3v) is 8.79. The lowest BCUT2D eigenvalue weighted by atomic mass is 9.91. The van der Waals surface area contributed by atoms with E-state index in [-0.39, 0.29) is 44.3 Å². The maximum atomic E-state index is 13.9. The van der Waals surface area contributed by atoms with Gasteiger partial charge in [0.15, 0.2) is 0 Å². The molecular formula is C38H46N2O10. The van der Waals surface area contributed by atoms with Gasteiger partial charge in [-0.15, -0.1) is 0 Å². The Bertz CT molecular complexity index is 1610. The molecule has 3 N–H and O–H groups in total. The number of phenols is 1. The van der Waals surface area contributed by atoms with Gasteiger partial charge in [-0.2, -0.15) is 0 Å². The molecule has 12 nitrogen and oxygen atoms in total. The van der Waals surface area contributed by atoms with Crippen molar-refractivity contribution in [2.75, 3.05) is 19.9 Å². The summed E-state index contributed by atoms with van der Waals surface area (Å²) in [5.41, 5.74) is 1.61. The Morgan fingerprint density at radius 1 is 1.10 bits per heavy atom. The molecular weight excluding hydrogens is 644 g/mol. The van der Waals surface area contributed by atoms with Crippen LogP contribution >= 0.6 is 0 Å². The molecule has 2 heterocycles. The summed E-state index contributed by atoms with van der Waals surface area (Å²) in [6.45, 7) is 5.27. The first-order valence-corrected chi connectivity index (χ1v) is 17.0. The first-order chi connectivity index (χ1) is 23.9. The van der Waals surface area contributed by atoms with Gasteiger partial charge < -0.3 is 39.4 Å². The fraction of sp³-hybridized carbons (Fsp3) is 0.474. The molecule has 3 aliphatic rings. The summed E-state index contributed by atoms with van der Waals surface area (Å²) < 4.78 is 22.7. The minimum atomic E-state index is -0.805. The summed E-state index contributed by atoms with van der Waals surface area (Å²) in [6, 6.07) is 12.6. The zero-order valence-electron chi connectivity index (χ0n) is 28.7. The summed E-state index contributed by atoms with van der Waals surface area (Å²) >= 11 is 0. The number of phenolic OH excluding ortho intramolecular Hbond substituents is 1. The number of carbonyl (C=O) groups is 4. The zero-order chi connectivity index (χ0) is 35.8. The molecule has 2 amide bonds. The fourth-order valence-corrected chi connectivity index (χ4v) is 6.35. The molecule has 1 aliphatic carbocycles. The standard InChI is InChI=1S/C38H46N2O10/c1-38(2,3)50-33(43)17-16-28(22-41)39-35(44)29-14-8-18-40(29)36(45)27-20-31-34(48-23-47-31)32(21-27)49-37(46)26-13-7-10-24(19-26)9-6-12-25-11-4-5-15-30(25)42/h4-7,9-11,13,15,19-20,28-29,31-32,34,41-42H,8,12,14,16-18,21-23H2,1-3H3,(H,39,44). The molecule has 0 saturated carbocycles. The van der Waals surface area contributed by atoms with Gasteiger partial charge in [-0.1, -0.05) is 42.5 Å². The van der Waals surface area contributed by atoms with Crippen molar-refractivity contribution < 1.29 is 48.3 Å². The molecule has 0 bridgehead atoms. The van der Waals surface area contributed by atoms with Gasteiger partial charge in [0.05, 0.1) is 18.2 Å². The van der Waals surface area contributed by atoms with Crippen molar-refractivity contribution in [3.63, 3.8) is 0 Å². The van der Waals surface area contributed by atoms with E-state index in [4.69, 9.17) is 18.9 Å². The SMILES string of the molecule is CC(C)(C)OC(=O)CCC(CO)NC(=O)C1CCCN1C(=O)C1=CC2OCOC2C(OC(=O)c2cccc(C=CCc3ccccc3O)c2)C1. The van der Waals surface area contributed by atoms with Crippen molar-refractivity contribution in [1.29, 1.82) is 0 Å². The molecule has 2 saturated heterocycles. The highest BCUT2D eigenvalue weighted by molar-refractivity contribution is 5.98. The minimum absolute atomic E-state index is 0.0147. The second kappa shape index (κ2) is 16.5. The van der Waals surface area contributed by atoms with Crippen LogP contribution in [-0.4, -0.2) is 94.8 Å². The maximum Gasteiger partial charge on any atom is 0.338 e. The molecule has 2 aromatic rings. The number of fused-ring (bicyclic) bond motifs is 1. The number of nitrogens with one attached hydrogen (secondary N) is 1. The van der Waals surface area contributed by atoms with E-state index < -0.39 is 53.8 Å². The number of aliphatic hydroxyl groups excluding tert-OH is 1. The van der Waals surface area contributed by atoms with Crippen LogP contribution in [0.15, 0.2) is 66.3 Å². The molecule has 5 rings (SSSR count). The number of hydrogen-bond acceptors (Lipinski definition) is 10. The Labute approximate surface area is 292 Å². The van der Waals surface area contributed by atoms with Crippen molar-refractivity contribution in [1.82, 2.24) is 10.2 Å². The predicted molar refractivity (Wildman–Crippen MR) is 183 cm³/mol. The molecule has 12 heteroatoms. The second-order valence-corrected chi connectivity index (χ2v) is 13.8. The van der Waals surface area contributed by atoms with Crippen molar-refractivity contribution in [2.24, 2.45) is 0 Å². The van der Waals surface area contributed by atoms with Crippen LogP contribution in [0.2, 0.25) is 0 Å². The van der Waals surface area contributed by atoms with E-state index in [0.29, 0.717) is 36.9 Å². The van der Waals surface area contributed by atoms with Gasteiger partial charge in [-0.25, -0.2) is 4.79 Å². The molecule has 5 atom stereocenters. The Kier molecular flexibility index (Phi) is 12.1. The van der Waals surface area contributed by atoms with Crippen LogP contribution in [0.5, 0.6) is 5.75 Å². The molecule has 268 valence electrons. The third-order valence-electron chi connectivity index (χ3n) is 8.79. The number of esters is 2. The predicted octanol–water partition coefficient (Wildman–Crippen LogP) is 3.84. The quantitative estimate of drug-likeness (QED) is 0.279. The van der Waals surface area contributed by atoms with Crippen LogP contribution in [0, 0.1) is 0 Å². The Hall–Kier alpha value is -4.52. The van der Waals surface area contributed by atoms with E-state index >= 15 is 0 Å². The number of allylic oxidation sites excluding steroid dienone is 1. The average molecular weight is 691 g/mol. The number of carbonyl (C=O) groups excluding carboxylic acids is 4. The first kappa shape index (κ1) is 36.8. The molecule has 0 spiro atoms. The van der Waals surface area contributed by atoms with E-state index in [1.165, 1.54) is 4.90 Å². The lowest BCUT2D eigenvalue weighted by Crippen LogP contribution is -2.51. The van der Waals surface area contributed by atoms with Crippen LogP contribution in [0.25, 0.3) is 6.08 Å². The van der Waals surface area contributed by atoms with Crippen LogP contribution in [-0.2, 0) is 39.8 Å². The molecule has 2 aliphatic heterocycles. The topological polar surface area (TPSA) is 161 Å². The number of amides is 2. The fourth-order valence-electron chi connectivity index (χ4n) is 6.35. The van der Waals surface area contributed by atoms with E-state index in [0.717, 1.165) is 11.1 Å². The lowest BCUT2D eigenvalue weighted by molar-refractivity contribution is -0.155. The first-order valence-electron chi connectivity index (χ1n) is 17.0. The van der Waals surface area contributed by atoms with Gasteiger partial charge in [0.25, 0.3) is 0 Å². The van der Waals surface area contributed by atoms with Crippen molar-refractivity contribution in [2.45, 2.75) is 95.3 Å². The molecule has 2 fully saturated rings. The number of aliphatic hydroxyl groups is 1. The van der Waals surface area contributed by atoms with Gasteiger partial charge in [0.2, 0.25) is 11.8 Å². The summed E-state index contributed by atoms with van der Waals surface area (Å²) in [5, 5.41) is 22.7. The van der Waals surface area contributed by atoms with E-state index in [1.54, 1.807) is 57.2 Å². The van der Waals surface area contributed by atoms with Gasteiger partial charge in [-0.05, 0) is 81.9 Å². The summed E-state index contributed by atoms with van der Waals surface area (Å²) in [5.74, 6) is -1.55. The Morgan fingerprint density at radius 3 is 2.66 bits per heavy atom. The van der Waals surface area contributed by atoms with E-state index in [2.05, 4.69) is 5.32 Å². The van der Waals surface area contributed by atoms with Crippen molar-refractivity contribution >= 4 is 29.8 Å². The van der Waals surface area contributed by atoms with Gasteiger partial charge >= 0.3 is 11.9 Å². The monoisotopic (exact) mass is 690 g/mol. The molecule has 0 aromatic heterocycles. The van der Waals surface area contributed by atoms with Gasteiger partial charge in [-0.3, -0.25) is 14.4 Å². The van der Waals surface area contributed by atoms with E-state index in [9.17, 15) is 29.4 Å². The largest absolute Gasteiger partial charge is 0.508 e. The highest BCUT2D eigenvalue weighted by Gasteiger charge is 2.45. The maximum absolute atomic E-state index is 13.9. The Balaban J connectivity index is 1.20. The highest BCUT2D eigenvalue weighted by atomic mass is 16.7. The third kappa shape index (κ3) is 9.58. The number of aromatic hydroxyl groups is 1. The normalized spacial score (nSPS) is 22.5. The number of benzene rings is 2. The van der Waals surface area contributed by atoms with Crippen LogP contribution < -0.4 is 5.32 Å². The van der Waals surface area contributed by atoms with Gasteiger partial charge in [0, 0.05) is 25.0 Å². The van der Waals surface area contributed by atoms with Crippen LogP contribution in [0.4, 0.5) is 0 Å². The van der Waals surface area contributed by atoms with Crippen LogP contribution in [0.1, 0.15) is 74.4 Å². The molecule has 2 aromatic carbocycles. The number of rotatable bonds is 12. The van der Waals surface area contributed by atoms with Crippen molar-refractivity contribution in [3.8, 4) is 5.75 Å².